The van der Waals surface area contributed by atoms with E-state index < -0.39 is 0 Å². The van der Waals surface area contributed by atoms with Crippen LogP contribution in [0.15, 0.2) is 22.8 Å². The Morgan fingerprint density at radius 2 is 2.62 bits per heavy atom. The summed E-state index contributed by atoms with van der Waals surface area (Å²) >= 11 is 0. The van der Waals surface area contributed by atoms with Gasteiger partial charge in [0, 0.05) is 6.07 Å². The van der Waals surface area contributed by atoms with Crippen molar-refractivity contribution >= 4 is 0 Å². The first-order chi connectivity index (χ1) is 3.93. The van der Waals surface area contributed by atoms with Crippen LogP contribution in [0.5, 0.6) is 5.95 Å². The Morgan fingerprint density at radius 1 is 1.75 bits per heavy atom. The maximum Gasteiger partial charge on any atom is 0.301 e. The van der Waals surface area contributed by atoms with Crippen LogP contribution in [0, 0.1) is 11.5 Å². The van der Waals surface area contributed by atoms with E-state index in [4.69, 9.17) is 5.26 Å². The van der Waals surface area contributed by atoms with Gasteiger partial charge in [-0.15, -0.1) is 5.26 Å². The second-order valence-electron chi connectivity index (χ2n) is 1.13. The molecule has 0 N–H and O–H groups in total. The highest BCUT2D eigenvalue weighted by Gasteiger charge is 1.89. The smallest absolute Gasteiger partial charge is 0.301 e. The molecule has 40 valence electrons. The standard InChI is InChI=1S/C5H3NO2/c6-4-8-5-2-1-3-7-5/h1-3H. The number of hydrogen-bond acceptors (Lipinski definition) is 3. The third-order valence-corrected chi connectivity index (χ3v) is 0.641. The van der Waals surface area contributed by atoms with Crippen molar-refractivity contribution in [3.63, 3.8) is 0 Å². The summed E-state index contributed by atoms with van der Waals surface area (Å²) in [5.41, 5.74) is 0. The summed E-state index contributed by atoms with van der Waals surface area (Å²) < 4.78 is 8.91. The predicted octanol–water partition coefficient (Wildman–Crippen LogP) is 1.14. The van der Waals surface area contributed by atoms with E-state index in [1.54, 1.807) is 12.1 Å². The van der Waals surface area contributed by atoms with E-state index in [2.05, 4.69) is 9.15 Å². The summed E-state index contributed by atoms with van der Waals surface area (Å²) in [6, 6.07) is 3.20. The maximum atomic E-state index is 7.91. The van der Waals surface area contributed by atoms with Crippen molar-refractivity contribution in [1.82, 2.24) is 0 Å². The fourth-order valence-corrected chi connectivity index (χ4v) is 0.367. The van der Waals surface area contributed by atoms with Crippen LogP contribution in [0.1, 0.15) is 0 Å². The number of ether oxygens (including phenoxy) is 1. The minimum atomic E-state index is 0.229. The van der Waals surface area contributed by atoms with Gasteiger partial charge < -0.3 is 9.15 Å². The molecular formula is C5H3NO2. The van der Waals surface area contributed by atoms with Gasteiger partial charge in [0.2, 0.25) is 0 Å². The molecule has 1 heterocycles. The molecule has 1 aromatic heterocycles. The molecule has 0 atom stereocenters. The molecule has 1 aromatic rings. The Hall–Kier alpha value is -1.43. The number of nitrogens with zero attached hydrogens (tertiary/aromatic N) is 1. The second kappa shape index (κ2) is 2.03. The van der Waals surface area contributed by atoms with E-state index in [1.807, 2.05) is 0 Å². The Kier molecular flexibility index (Phi) is 1.20. The lowest BCUT2D eigenvalue weighted by Gasteiger charge is -1.80. The Morgan fingerprint density at radius 3 is 3.12 bits per heavy atom. The summed E-state index contributed by atoms with van der Waals surface area (Å²) in [6.45, 7) is 0. The molecule has 0 amide bonds. The van der Waals surface area contributed by atoms with Crippen molar-refractivity contribution < 1.29 is 9.15 Å². The Bertz CT molecular complexity index is 185. The molecule has 0 aliphatic rings. The molecule has 1 rings (SSSR count). The molecule has 3 heteroatoms. The van der Waals surface area contributed by atoms with Crippen molar-refractivity contribution in [3.8, 4) is 12.2 Å². The van der Waals surface area contributed by atoms with Gasteiger partial charge in [-0.05, 0) is 6.07 Å². The van der Waals surface area contributed by atoms with E-state index in [0.717, 1.165) is 0 Å². The Balaban J connectivity index is 2.67. The summed E-state index contributed by atoms with van der Waals surface area (Å²) in [5, 5.41) is 7.91. The third kappa shape index (κ3) is 0.793. The van der Waals surface area contributed by atoms with E-state index in [9.17, 15) is 0 Å². The van der Waals surface area contributed by atoms with Crippen LogP contribution >= 0.6 is 0 Å². The monoisotopic (exact) mass is 109 g/mol. The average molecular weight is 109 g/mol. The zero-order valence-corrected chi connectivity index (χ0v) is 4.00. The van der Waals surface area contributed by atoms with Crippen LogP contribution in [0.2, 0.25) is 0 Å². The molecular weight excluding hydrogens is 106 g/mol. The van der Waals surface area contributed by atoms with Crippen LogP contribution < -0.4 is 4.74 Å². The lowest BCUT2D eigenvalue weighted by atomic mass is 10.7. The largest absolute Gasteiger partial charge is 0.433 e. The fraction of sp³-hybridized carbons (Fsp3) is 0. The van der Waals surface area contributed by atoms with Gasteiger partial charge in [0.05, 0.1) is 6.26 Å². The molecule has 3 nitrogen and oxygen atoms in total. The van der Waals surface area contributed by atoms with E-state index in [1.165, 1.54) is 12.5 Å². The summed E-state index contributed by atoms with van der Waals surface area (Å²) in [4.78, 5) is 0. The lowest BCUT2D eigenvalue weighted by Crippen LogP contribution is -1.74. The van der Waals surface area contributed by atoms with Gasteiger partial charge in [-0.2, -0.15) is 0 Å². The van der Waals surface area contributed by atoms with E-state index in [-0.39, 0.29) is 5.95 Å². The van der Waals surface area contributed by atoms with Crippen LogP contribution in [-0.4, -0.2) is 0 Å². The average Bonchev–Trinajstić information content (AvgIpc) is 2.19. The van der Waals surface area contributed by atoms with Crippen LogP contribution in [-0.2, 0) is 0 Å². The minimum absolute atomic E-state index is 0.229. The van der Waals surface area contributed by atoms with Crippen molar-refractivity contribution in [3.05, 3.63) is 18.4 Å². The fourth-order valence-electron chi connectivity index (χ4n) is 0.367. The van der Waals surface area contributed by atoms with Gasteiger partial charge in [-0.1, -0.05) is 0 Å². The van der Waals surface area contributed by atoms with Crippen molar-refractivity contribution in [2.75, 3.05) is 0 Å². The first-order valence-corrected chi connectivity index (χ1v) is 2.03. The van der Waals surface area contributed by atoms with Gasteiger partial charge in [-0.3, -0.25) is 0 Å². The first kappa shape index (κ1) is 4.72. The quantitative estimate of drug-likeness (QED) is 0.508. The molecule has 0 spiro atoms. The summed E-state index contributed by atoms with van der Waals surface area (Å²) in [6.07, 6.45) is 2.91. The van der Waals surface area contributed by atoms with Crippen LogP contribution in [0.4, 0.5) is 0 Å². The van der Waals surface area contributed by atoms with Crippen molar-refractivity contribution in [2.45, 2.75) is 0 Å². The van der Waals surface area contributed by atoms with Gasteiger partial charge in [0.15, 0.2) is 0 Å². The molecule has 0 saturated carbocycles. The molecule has 0 radical (unpaired) electrons. The number of rotatable bonds is 1. The molecule has 0 aromatic carbocycles. The maximum absolute atomic E-state index is 7.91. The third-order valence-electron chi connectivity index (χ3n) is 0.641. The van der Waals surface area contributed by atoms with Gasteiger partial charge in [-0.25, -0.2) is 0 Å². The first-order valence-electron chi connectivity index (χ1n) is 2.03. The zero-order chi connectivity index (χ0) is 5.82. The zero-order valence-electron chi connectivity index (χ0n) is 4.00. The Labute approximate surface area is 46.1 Å². The highest BCUT2D eigenvalue weighted by atomic mass is 16.6. The summed E-state index contributed by atoms with van der Waals surface area (Å²) in [7, 11) is 0. The summed E-state index contributed by atoms with van der Waals surface area (Å²) in [5.74, 6) is 0.229. The number of nitriles is 1. The van der Waals surface area contributed by atoms with Gasteiger partial charge in [0.25, 0.3) is 6.26 Å². The van der Waals surface area contributed by atoms with Crippen molar-refractivity contribution in [2.24, 2.45) is 0 Å². The molecule has 0 aliphatic carbocycles. The van der Waals surface area contributed by atoms with Gasteiger partial charge in [0.1, 0.15) is 0 Å². The normalized spacial score (nSPS) is 7.88. The number of hydrogen-bond donors (Lipinski definition) is 0. The topological polar surface area (TPSA) is 46.2 Å². The molecule has 0 bridgehead atoms. The second-order valence-corrected chi connectivity index (χ2v) is 1.13. The molecule has 0 unspecified atom stereocenters. The molecule has 0 aliphatic heterocycles. The lowest BCUT2D eigenvalue weighted by molar-refractivity contribution is 0.360. The molecule has 0 fully saturated rings. The van der Waals surface area contributed by atoms with E-state index >= 15 is 0 Å². The van der Waals surface area contributed by atoms with Crippen LogP contribution in [0.3, 0.4) is 0 Å². The molecule has 0 saturated heterocycles. The SMILES string of the molecule is N#COc1ccco1. The van der Waals surface area contributed by atoms with Crippen molar-refractivity contribution in [1.29, 1.82) is 5.26 Å². The predicted molar refractivity (Wildman–Crippen MR) is 24.9 cm³/mol. The highest BCUT2D eigenvalue weighted by molar-refractivity contribution is 5.05. The molecule has 8 heavy (non-hydrogen) atoms. The number of furan rings is 1. The highest BCUT2D eigenvalue weighted by Crippen LogP contribution is 2.08. The van der Waals surface area contributed by atoms with Gasteiger partial charge >= 0.3 is 5.95 Å². The van der Waals surface area contributed by atoms with Crippen LogP contribution in [0.25, 0.3) is 0 Å². The van der Waals surface area contributed by atoms with E-state index in [0.29, 0.717) is 0 Å². The minimum Gasteiger partial charge on any atom is -0.433 e.